The summed E-state index contributed by atoms with van der Waals surface area (Å²) in [7, 11) is 1.66. The summed E-state index contributed by atoms with van der Waals surface area (Å²) in [6, 6.07) is 8.01. The van der Waals surface area contributed by atoms with Crippen molar-refractivity contribution in [1.82, 2.24) is 0 Å². The zero-order valence-electron chi connectivity index (χ0n) is 12.2. The summed E-state index contributed by atoms with van der Waals surface area (Å²) in [6.07, 6.45) is 5.69. The molecule has 4 atom stereocenters. The SMILES string of the molecule is COc1cccc(CCC23C=CC(O2)C(CO)C3CO)c1. The molecule has 114 valence electrons. The van der Waals surface area contributed by atoms with E-state index in [0.717, 1.165) is 18.6 Å². The van der Waals surface area contributed by atoms with E-state index in [0.29, 0.717) is 0 Å². The maximum Gasteiger partial charge on any atom is 0.119 e. The summed E-state index contributed by atoms with van der Waals surface area (Å²) in [4.78, 5) is 0. The van der Waals surface area contributed by atoms with Gasteiger partial charge in [-0.2, -0.15) is 0 Å². The fourth-order valence-electron chi connectivity index (χ4n) is 3.64. The molecule has 0 aromatic heterocycles. The van der Waals surface area contributed by atoms with Gasteiger partial charge in [0.2, 0.25) is 0 Å². The van der Waals surface area contributed by atoms with Crippen LogP contribution >= 0.6 is 0 Å². The maximum atomic E-state index is 9.69. The minimum Gasteiger partial charge on any atom is -0.497 e. The monoisotopic (exact) mass is 290 g/mol. The molecule has 1 aromatic rings. The zero-order chi connectivity index (χ0) is 14.9. The van der Waals surface area contributed by atoms with Gasteiger partial charge in [0.15, 0.2) is 0 Å². The van der Waals surface area contributed by atoms with Crippen LogP contribution in [0.2, 0.25) is 0 Å². The highest BCUT2D eigenvalue weighted by Gasteiger charge is 2.55. The first-order valence-electron chi connectivity index (χ1n) is 7.44. The van der Waals surface area contributed by atoms with Crippen molar-refractivity contribution in [2.75, 3.05) is 20.3 Å². The Balaban J connectivity index is 1.73. The van der Waals surface area contributed by atoms with Gasteiger partial charge in [0.25, 0.3) is 0 Å². The van der Waals surface area contributed by atoms with E-state index in [1.807, 2.05) is 24.3 Å². The second-order valence-electron chi connectivity index (χ2n) is 5.88. The second-order valence-corrected chi connectivity index (χ2v) is 5.88. The Morgan fingerprint density at radius 3 is 2.86 bits per heavy atom. The minimum atomic E-state index is -0.435. The van der Waals surface area contributed by atoms with Crippen molar-refractivity contribution in [2.45, 2.75) is 24.5 Å². The van der Waals surface area contributed by atoms with Crippen LogP contribution in [-0.2, 0) is 11.2 Å². The molecule has 0 spiro atoms. The van der Waals surface area contributed by atoms with Crippen molar-refractivity contribution >= 4 is 0 Å². The lowest BCUT2D eigenvalue weighted by Gasteiger charge is -2.32. The highest BCUT2D eigenvalue weighted by atomic mass is 16.5. The van der Waals surface area contributed by atoms with Gasteiger partial charge in [0.05, 0.1) is 18.8 Å². The van der Waals surface area contributed by atoms with E-state index in [2.05, 4.69) is 12.1 Å². The number of methoxy groups -OCH3 is 1. The van der Waals surface area contributed by atoms with Crippen LogP contribution in [0.25, 0.3) is 0 Å². The van der Waals surface area contributed by atoms with Crippen molar-refractivity contribution in [1.29, 1.82) is 0 Å². The number of rotatable bonds is 6. The lowest BCUT2D eigenvalue weighted by molar-refractivity contribution is -0.00549. The van der Waals surface area contributed by atoms with Gasteiger partial charge >= 0.3 is 0 Å². The van der Waals surface area contributed by atoms with Gasteiger partial charge in [-0.3, -0.25) is 0 Å². The average molecular weight is 290 g/mol. The molecule has 0 amide bonds. The summed E-state index contributed by atoms with van der Waals surface area (Å²) in [5.74, 6) is 0.831. The zero-order valence-corrected chi connectivity index (χ0v) is 12.2. The molecule has 0 saturated carbocycles. The van der Waals surface area contributed by atoms with Gasteiger partial charge in [-0.1, -0.05) is 24.3 Å². The molecular weight excluding hydrogens is 268 g/mol. The number of aliphatic hydroxyl groups excluding tert-OH is 2. The summed E-state index contributed by atoms with van der Waals surface area (Å²) in [5.41, 5.74) is 0.754. The molecule has 21 heavy (non-hydrogen) atoms. The van der Waals surface area contributed by atoms with E-state index in [4.69, 9.17) is 9.47 Å². The Bertz CT molecular complexity index is 527. The maximum absolute atomic E-state index is 9.69. The highest BCUT2D eigenvalue weighted by Crippen LogP contribution is 2.49. The van der Waals surface area contributed by atoms with E-state index in [9.17, 15) is 10.2 Å². The molecule has 4 heteroatoms. The van der Waals surface area contributed by atoms with Crippen LogP contribution in [0.15, 0.2) is 36.4 Å². The molecule has 3 rings (SSSR count). The van der Waals surface area contributed by atoms with Crippen LogP contribution in [0.3, 0.4) is 0 Å². The standard InChI is InChI=1S/C17H22O4/c1-20-13-4-2-3-12(9-13)5-7-17-8-6-16(21-17)14(10-18)15(17)11-19/h2-4,6,8-9,14-16,18-19H,5,7,10-11H2,1H3. The molecule has 4 unspecified atom stereocenters. The third-order valence-corrected chi connectivity index (χ3v) is 4.84. The largest absolute Gasteiger partial charge is 0.497 e. The molecule has 2 aliphatic rings. The molecule has 2 bridgehead atoms. The Morgan fingerprint density at radius 2 is 2.14 bits per heavy atom. The molecule has 1 fully saturated rings. The van der Waals surface area contributed by atoms with Crippen molar-refractivity contribution in [3.8, 4) is 5.75 Å². The van der Waals surface area contributed by atoms with Gasteiger partial charge in [0, 0.05) is 25.0 Å². The van der Waals surface area contributed by atoms with Crippen LogP contribution in [0.1, 0.15) is 12.0 Å². The quantitative estimate of drug-likeness (QED) is 0.781. The van der Waals surface area contributed by atoms with E-state index < -0.39 is 5.60 Å². The third-order valence-electron chi connectivity index (χ3n) is 4.84. The normalized spacial score (nSPS) is 33.6. The number of hydrogen-bond donors (Lipinski definition) is 2. The van der Waals surface area contributed by atoms with Crippen molar-refractivity contribution in [3.05, 3.63) is 42.0 Å². The predicted molar refractivity (Wildman–Crippen MR) is 79.2 cm³/mol. The average Bonchev–Trinajstić information content (AvgIpc) is 3.08. The first kappa shape index (κ1) is 14.6. The topological polar surface area (TPSA) is 58.9 Å². The Morgan fingerprint density at radius 1 is 1.29 bits per heavy atom. The van der Waals surface area contributed by atoms with E-state index in [1.54, 1.807) is 7.11 Å². The summed E-state index contributed by atoms with van der Waals surface area (Å²) >= 11 is 0. The molecule has 4 nitrogen and oxygen atoms in total. The fraction of sp³-hybridized carbons (Fsp3) is 0.529. The highest BCUT2D eigenvalue weighted by molar-refractivity contribution is 5.30. The summed E-state index contributed by atoms with van der Waals surface area (Å²) in [5, 5.41) is 19.2. The van der Waals surface area contributed by atoms with Gasteiger partial charge in [-0.15, -0.1) is 0 Å². The Labute approximate surface area is 125 Å². The number of fused-ring (bicyclic) bond motifs is 2. The van der Waals surface area contributed by atoms with Crippen molar-refractivity contribution < 1.29 is 19.7 Å². The second kappa shape index (κ2) is 5.79. The van der Waals surface area contributed by atoms with Crippen molar-refractivity contribution in [3.63, 3.8) is 0 Å². The van der Waals surface area contributed by atoms with Gasteiger partial charge < -0.3 is 19.7 Å². The molecule has 0 aliphatic carbocycles. The molecule has 2 N–H and O–H groups in total. The van der Waals surface area contributed by atoms with E-state index in [1.165, 1.54) is 5.56 Å². The lowest BCUT2D eigenvalue weighted by atomic mass is 9.74. The minimum absolute atomic E-state index is 0.00492. The number of aryl methyl sites for hydroxylation is 1. The van der Waals surface area contributed by atoms with Gasteiger partial charge in [0.1, 0.15) is 5.75 Å². The predicted octanol–water partition coefficient (Wildman–Crippen LogP) is 1.55. The molecule has 2 aliphatic heterocycles. The number of hydrogen-bond acceptors (Lipinski definition) is 4. The van der Waals surface area contributed by atoms with Crippen LogP contribution in [0.5, 0.6) is 5.75 Å². The van der Waals surface area contributed by atoms with E-state index >= 15 is 0 Å². The smallest absolute Gasteiger partial charge is 0.119 e. The van der Waals surface area contributed by atoms with Crippen LogP contribution in [0.4, 0.5) is 0 Å². The first-order chi connectivity index (χ1) is 10.2. The third kappa shape index (κ3) is 2.48. The number of benzene rings is 1. The summed E-state index contributed by atoms with van der Waals surface area (Å²) in [6.45, 7) is 0.103. The van der Waals surface area contributed by atoms with Gasteiger partial charge in [-0.05, 0) is 30.5 Å². The van der Waals surface area contributed by atoms with Crippen molar-refractivity contribution in [2.24, 2.45) is 11.8 Å². The summed E-state index contributed by atoms with van der Waals surface area (Å²) < 4.78 is 11.3. The Kier molecular flexibility index (Phi) is 4.02. The molecular formula is C17H22O4. The lowest BCUT2D eigenvalue weighted by Crippen LogP contribution is -2.39. The first-order valence-corrected chi connectivity index (χ1v) is 7.44. The van der Waals surface area contributed by atoms with Gasteiger partial charge in [-0.25, -0.2) is 0 Å². The fourth-order valence-corrected chi connectivity index (χ4v) is 3.64. The van der Waals surface area contributed by atoms with Crippen LogP contribution in [-0.4, -0.2) is 42.2 Å². The molecule has 2 heterocycles. The van der Waals surface area contributed by atoms with Crippen LogP contribution < -0.4 is 4.74 Å². The Hall–Kier alpha value is -1.36. The molecule has 0 radical (unpaired) electrons. The number of aliphatic hydroxyl groups is 2. The molecule has 1 aromatic carbocycles. The van der Waals surface area contributed by atoms with E-state index in [-0.39, 0.29) is 31.2 Å². The molecule has 1 saturated heterocycles. The van der Waals surface area contributed by atoms with Crippen LogP contribution in [0, 0.1) is 11.8 Å². The number of ether oxygens (including phenoxy) is 2.